The summed E-state index contributed by atoms with van der Waals surface area (Å²) in [5.74, 6) is 2.16. The summed E-state index contributed by atoms with van der Waals surface area (Å²) in [6.07, 6.45) is 0. The van der Waals surface area contributed by atoms with Gasteiger partial charge in [-0.3, -0.25) is 0 Å². The number of methoxy groups -OCH3 is 1. The fraction of sp³-hybridized carbons (Fsp3) is 0.368. The zero-order valence-corrected chi connectivity index (χ0v) is 19.4. The number of fused-ring (bicyclic) bond motifs is 1. The molecule has 12 heteroatoms. The first kappa shape index (κ1) is 21.5. The summed E-state index contributed by atoms with van der Waals surface area (Å²) in [6, 6.07) is 9.95. The third-order valence-corrected chi connectivity index (χ3v) is 6.25. The lowest BCUT2D eigenvalue weighted by atomic mass is 10.2. The van der Waals surface area contributed by atoms with Crippen molar-refractivity contribution in [1.29, 1.82) is 0 Å². The summed E-state index contributed by atoms with van der Waals surface area (Å²) in [5, 5.41) is 19.0. The molecule has 0 saturated carbocycles. The van der Waals surface area contributed by atoms with Crippen LogP contribution in [-0.2, 0) is 12.3 Å². The Morgan fingerprint density at radius 3 is 2.68 bits per heavy atom. The van der Waals surface area contributed by atoms with Gasteiger partial charge in [-0.05, 0) is 67.0 Å². The number of hydrogen-bond donors (Lipinski definition) is 0. The van der Waals surface area contributed by atoms with Gasteiger partial charge in [0.25, 0.3) is 5.78 Å². The highest BCUT2D eigenvalue weighted by Crippen LogP contribution is 2.28. The number of aromatic nitrogens is 8. The molecule has 31 heavy (non-hydrogen) atoms. The second-order valence-electron chi connectivity index (χ2n) is 7.07. The van der Waals surface area contributed by atoms with Crippen molar-refractivity contribution in [2.45, 2.75) is 34.6 Å². The van der Waals surface area contributed by atoms with Crippen LogP contribution in [0, 0.1) is 6.92 Å². The van der Waals surface area contributed by atoms with Crippen LogP contribution in [-0.4, -0.2) is 72.4 Å². The summed E-state index contributed by atoms with van der Waals surface area (Å²) in [4.78, 5) is 11.2. The topological polar surface area (TPSA) is 99.2 Å². The number of ether oxygens (including phenoxy) is 1. The second-order valence-corrected chi connectivity index (χ2v) is 9.00. The Morgan fingerprint density at radius 2 is 1.94 bits per heavy atom. The standard InChI is InChI=1S/C19H23N9OS2/c1-13-11-16(31-19-22-24-25-27(19)10-9-26(2)3)28-17(20-13)21-18(23-28)30-12-14-5-7-15(29-4)8-6-14/h5-8,11H,9-10,12H2,1-4H3. The van der Waals surface area contributed by atoms with Crippen molar-refractivity contribution >= 4 is 29.3 Å². The van der Waals surface area contributed by atoms with Gasteiger partial charge < -0.3 is 9.64 Å². The van der Waals surface area contributed by atoms with Crippen molar-refractivity contribution in [1.82, 2.24) is 44.7 Å². The summed E-state index contributed by atoms with van der Waals surface area (Å²) < 4.78 is 8.75. The fourth-order valence-electron chi connectivity index (χ4n) is 2.74. The molecule has 1 aromatic carbocycles. The van der Waals surface area contributed by atoms with Crippen molar-refractivity contribution in [2.24, 2.45) is 0 Å². The van der Waals surface area contributed by atoms with E-state index in [4.69, 9.17) is 4.74 Å². The number of thioether (sulfide) groups is 1. The lowest BCUT2D eigenvalue weighted by Gasteiger charge is -2.10. The number of aryl methyl sites for hydroxylation is 1. The molecule has 0 aliphatic heterocycles. The molecule has 0 amide bonds. The van der Waals surface area contributed by atoms with Crippen molar-refractivity contribution in [3.8, 4) is 5.75 Å². The maximum Gasteiger partial charge on any atom is 0.254 e. The van der Waals surface area contributed by atoms with Gasteiger partial charge in [-0.1, -0.05) is 23.9 Å². The molecule has 0 N–H and O–H groups in total. The lowest BCUT2D eigenvalue weighted by molar-refractivity contribution is 0.361. The van der Waals surface area contributed by atoms with E-state index in [2.05, 4.69) is 35.5 Å². The van der Waals surface area contributed by atoms with Crippen molar-refractivity contribution in [3.63, 3.8) is 0 Å². The van der Waals surface area contributed by atoms with Gasteiger partial charge in [0.05, 0.1) is 13.7 Å². The first-order valence-corrected chi connectivity index (χ1v) is 11.4. The van der Waals surface area contributed by atoms with E-state index in [0.717, 1.165) is 28.8 Å². The maximum atomic E-state index is 5.21. The number of benzene rings is 1. The van der Waals surface area contributed by atoms with E-state index in [9.17, 15) is 0 Å². The Labute approximate surface area is 188 Å². The molecule has 0 aliphatic carbocycles. The van der Waals surface area contributed by atoms with Crippen LogP contribution in [0.2, 0.25) is 0 Å². The Bertz CT molecular complexity index is 1160. The third-order valence-electron chi connectivity index (χ3n) is 4.37. The number of rotatable bonds is 9. The summed E-state index contributed by atoms with van der Waals surface area (Å²) in [6.45, 7) is 3.49. The van der Waals surface area contributed by atoms with Crippen LogP contribution in [0.5, 0.6) is 5.75 Å². The highest BCUT2D eigenvalue weighted by molar-refractivity contribution is 7.99. The van der Waals surface area contributed by atoms with E-state index in [1.54, 1.807) is 28.1 Å². The second kappa shape index (κ2) is 9.62. The summed E-state index contributed by atoms with van der Waals surface area (Å²) in [5.41, 5.74) is 2.03. The highest BCUT2D eigenvalue weighted by atomic mass is 32.2. The zero-order chi connectivity index (χ0) is 21.8. The van der Waals surface area contributed by atoms with Crippen LogP contribution in [0.1, 0.15) is 11.3 Å². The van der Waals surface area contributed by atoms with E-state index >= 15 is 0 Å². The first-order chi connectivity index (χ1) is 15.0. The fourth-order valence-corrected chi connectivity index (χ4v) is 4.45. The monoisotopic (exact) mass is 457 g/mol. The number of nitrogens with zero attached hydrogens (tertiary/aromatic N) is 9. The van der Waals surface area contributed by atoms with E-state index in [1.165, 1.54) is 17.3 Å². The predicted octanol–water partition coefficient (Wildman–Crippen LogP) is 2.43. The molecule has 0 saturated heterocycles. The Hall–Kier alpha value is -2.70. The number of likely N-dealkylation sites (N-methyl/N-ethyl adjacent to an activating group) is 1. The number of hydrogen-bond acceptors (Lipinski definition) is 10. The first-order valence-electron chi connectivity index (χ1n) is 9.61. The highest BCUT2D eigenvalue weighted by Gasteiger charge is 2.15. The Morgan fingerprint density at radius 1 is 1.13 bits per heavy atom. The molecule has 0 fully saturated rings. The SMILES string of the molecule is COc1ccc(CSc2nc3nc(C)cc(Sc4nnnn4CCN(C)C)n3n2)cc1. The molecule has 0 atom stereocenters. The minimum Gasteiger partial charge on any atom is -0.497 e. The van der Waals surface area contributed by atoms with E-state index in [-0.39, 0.29) is 0 Å². The third kappa shape index (κ3) is 5.32. The molecule has 0 spiro atoms. The average molecular weight is 458 g/mol. The average Bonchev–Trinajstić information content (AvgIpc) is 3.37. The van der Waals surface area contributed by atoms with Gasteiger partial charge >= 0.3 is 0 Å². The Balaban J connectivity index is 1.53. The number of tetrazole rings is 1. The van der Waals surface area contributed by atoms with Crippen LogP contribution < -0.4 is 4.74 Å². The van der Waals surface area contributed by atoms with Gasteiger partial charge in [0.15, 0.2) is 0 Å². The Kier molecular flexibility index (Phi) is 6.68. The molecular weight excluding hydrogens is 434 g/mol. The quantitative estimate of drug-likeness (QED) is 0.275. The van der Waals surface area contributed by atoms with Gasteiger partial charge in [-0.2, -0.15) is 9.50 Å². The molecule has 0 bridgehead atoms. The van der Waals surface area contributed by atoms with Gasteiger partial charge in [0.2, 0.25) is 10.3 Å². The molecule has 3 heterocycles. The summed E-state index contributed by atoms with van der Waals surface area (Å²) in [7, 11) is 5.71. The summed E-state index contributed by atoms with van der Waals surface area (Å²) >= 11 is 3.02. The van der Waals surface area contributed by atoms with Crippen LogP contribution >= 0.6 is 23.5 Å². The minimum absolute atomic E-state index is 0.562. The van der Waals surface area contributed by atoms with Crippen LogP contribution in [0.15, 0.2) is 45.7 Å². The molecule has 4 aromatic rings. The molecule has 0 aliphatic rings. The van der Waals surface area contributed by atoms with Crippen molar-refractivity contribution < 1.29 is 4.74 Å². The predicted molar refractivity (Wildman–Crippen MR) is 119 cm³/mol. The van der Waals surface area contributed by atoms with Gasteiger partial charge in [-0.25, -0.2) is 9.67 Å². The van der Waals surface area contributed by atoms with E-state index < -0.39 is 0 Å². The van der Waals surface area contributed by atoms with Crippen LogP contribution in [0.3, 0.4) is 0 Å². The maximum absolute atomic E-state index is 5.21. The largest absolute Gasteiger partial charge is 0.497 e. The van der Waals surface area contributed by atoms with Gasteiger partial charge in [-0.15, -0.1) is 10.2 Å². The van der Waals surface area contributed by atoms with Gasteiger partial charge in [0.1, 0.15) is 10.8 Å². The molecule has 0 unspecified atom stereocenters. The van der Waals surface area contributed by atoms with Crippen molar-refractivity contribution in [2.75, 3.05) is 27.7 Å². The van der Waals surface area contributed by atoms with Crippen LogP contribution in [0.4, 0.5) is 0 Å². The normalized spacial score (nSPS) is 11.5. The molecule has 4 rings (SSSR count). The van der Waals surface area contributed by atoms with Gasteiger partial charge in [0, 0.05) is 18.0 Å². The van der Waals surface area contributed by atoms with Crippen LogP contribution in [0.25, 0.3) is 5.78 Å². The molecule has 162 valence electrons. The smallest absolute Gasteiger partial charge is 0.254 e. The minimum atomic E-state index is 0.562. The van der Waals surface area contributed by atoms with E-state index in [1.807, 2.05) is 51.4 Å². The van der Waals surface area contributed by atoms with Crippen molar-refractivity contribution in [3.05, 3.63) is 41.6 Å². The van der Waals surface area contributed by atoms with E-state index in [0.29, 0.717) is 22.6 Å². The molecular formula is C19H23N9OS2. The zero-order valence-electron chi connectivity index (χ0n) is 17.8. The molecule has 3 aromatic heterocycles. The lowest BCUT2D eigenvalue weighted by Crippen LogP contribution is -2.19. The molecule has 0 radical (unpaired) electrons. The molecule has 10 nitrogen and oxygen atoms in total.